The standard InChI is InChI=1S/C22H28F3N3O2.HI/c1-16-4-9-20(29-3)19(12-16)10-11-27-21(26-2)28-13-17-5-7-18(8-6-17)14-30-15-22(23,24)25;/h4-9,12H,10-11,13-15H2,1-3H3,(H2,26,27,28);1H. The SMILES string of the molecule is CN=C(NCCc1cc(C)ccc1OC)NCc1ccc(COCC(F)(F)F)cc1.I. The lowest BCUT2D eigenvalue weighted by Crippen LogP contribution is -2.37. The predicted molar refractivity (Wildman–Crippen MR) is 127 cm³/mol. The smallest absolute Gasteiger partial charge is 0.411 e. The Morgan fingerprint density at radius 1 is 1.03 bits per heavy atom. The van der Waals surface area contributed by atoms with Gasteiger partial charge in [0, 0.05) is 20.1 Å². The lowest BCUT2D eigenvalue weighted by Gasteiger charge is -2.14. The lowest BCUT2D eigenvalue weighted by atomic mass is 10.1. The first-order chi connectivity index (χ1) is 14.3. The summed E-state index contributed by atoms with van der Waals surface area (Å²) in [5.74, 6) is 1.53. The molecule has 0 saturated heterocycles. The maximum Gasteiger partial charge on any atom is 0.411 e. The van der Waals surface area contributed by atoms with Crippen molar-refractivity contribution in [3.8, 4) is 5.75 Å². The number of benzene rings is 2. The normalized spacial score (nSPS) is 11.6. The van der Waals surface area contributed by atoms with Crippen molar-refractivity contribution in [2.24, 2.45) is 4.99 Å². The van der Waals surface area contributed by atoms with Crippen molar-refractivity contribution in [1.29, 1.82) is 0 Å². The second kappa shape index (κ2) is 13.4. The summed E-state index contributed by atoms with van der Waals surface area (Å²) in [6.07, 6.45) is -3.52. The van der Waals surface area contributed by atoms with Gasteiger partial charge in [-0.1, -0.05) is 42.0 Å². The molecule has 2 aromatic rings. The number of nitrogens with zero attached hydrogens (tertiary/aromatic N) is 1. The van der Waals surface area contributed by atoms with E-state index < -0.39 is 12.8 Å². The Morgan fingerprint density at radius 3 is 2.32 bits per heavy atom. The number of halogens is 4. The first-order valence-electron chi connectivity index (χ1n) is 9.61. The number of ether oxygens (including phenoxy) is 2. The molecule has 0 radical (unpaired) electrons. The number of aryl methyl sites for hydroxylation is 1. The summed E-state index contributed by atoms with van der Waals surface area (Å²) in [6.45, 7) is 1.96. The molecule has 2 aromatic carbocycles. The summed E-state index contributed by atoms with van der Waals surface area (Å²) in [4.78, 5) is 4.21. The van der Waals surface area contributed by atoms with Crippen LogP contribution in [0.15, 0.2) is 47.5 Å². The molecule has 0 heterocycles. The summed E-state index contributed by atoms with van der Waals surface area (Å²) in [5.41, 5.74) is 3.99. The zero-order chi connectivity index (χ0) is 22.0. The van der Waals surface area contributed by atoms with Crippen LogP contribution in [0.1, 0.15) is 22.3 Å². The van der Waals surface area contributed by atoms with E-state index in [1.807, 2.05) is 31.2 Å². The highest BCUT2D eigenvalue weighted by atomic mass is 127. The van der Waals surface area contributed by atoms with E-state index >= 15 is 0 Å². The molecule has 2 N–H and O–H groups in total. The van der Waals surface area contributed by atoms with Gasteiger partial charge in [-0.05, 0) is 36.1 Å². The molecule has 2 rings (SSSR count). The Balaban J connectivity index is 0.00000480. The fourth-order valence-electron chi connectivity index (χ4n) is 2.86. The van der Waals surface area contributed by atoms with Gasteiger partial charge in [0.1, 0.15) is 12.4 Å². The van der Waals surface area contributed by atoms with Gasteiger partial charge in [0.25, 0.3) is 0 Å². The van der Waals surface area contributed by atoms with Crippen molar-refractivity contribution >= 4 is 29.9 Å². The number of hydrogen-bond acceptors (Lipinski definition) is 3. The second-order valence-electron chi connectivity index (χ2n) is 6.84. The molecule has 0 amide bonds. The maximum absolute atomic E-state index is 12.1. The van der Waals surface area contributed by atoms with E-state index in [-0.39, 0.29) is 30.6 Å². The largest absolute Gasteiger partial charge is 0.496 e. The first-order valence-corrected chi connectivity index (χ1v) is 9.61. The summed E-state index contributed by atoms with van der Waals surface area (Å²) >= 11 is 0. The van der Waals surface area contributed by atoms with Gasteiger partial charge in [0.05, 0.1) is 13.7 Å². The zero-order valence-corrected chi connectivity index (χ0v) is 20.2. The summed E-state index contributed by atoms with van der Waals surface area (Å²) < 4.78 is 46.4. The number of alkyl halides is 3. The molecular formula is C22H29F3IN3O2. The van der Waals surface area contributed by atoms with Gasteiger partial charge in [-0.25, -0.2) is 0 Å². The Labute approximate surface area is 198 Å². The van der Waals surface area contributed by atoms with Crippen LogP contribution < -0.4 is 15.4 Å². The minimum Gasteiger partial charge on any atom is -0.496 e. The van der Waals surface area contributed by atoms with Gasteiger partial charge in [0.15, 0.2) is 5.96 Å². The Morgan fingerprint density at radius 2 is 1.71 bits per heavy atom. The van der Waals surface area contributed by atoms with Crippen molar-refractivity contribution in [2.75, 3.05) is 27.3 Å². The number of aliphatic imine (C=N–C) groups is 1. The topological polar surface area (TPSA) is 54.9 Å². The third kappa shape index (κ3) is 10.2. The number of guanidine groups is 1. The average molecular weight is 551 g/mol. The molecule has 0 atom stereocenters. The molecule has 31 heavy (non-hydrogen) atoms. The van der Waals surface area contributed by atoms with Crippen LogP contribution in [0.4, 0.5) is 13.2 Å². The van der Waals surface area contributed by atoms with Crippen LogP contribution in [0.3, 0.4) is 0 Å². The third-order valence-electron chi connectivity index (χ3n) is 4.36. The van der Waals surface area contributed by atoms with Crippen molar-refractivity contribution in [3.05, 3.63) is 64.7 Å². The highest BCUT2D eigenvalue weighted by Crippen LogP contribution is 2.19. The van der Waals surface area contributed by atoms with Crippen molar-refractivity contribution in [2.45, 2.75) is 32.7 Å². The number of methoxy groups -OCH3 is 1. The highest BCUT2D eigenvalue weighted by Gasteiger charge is 2.27. The summed E-state index contributed by atoms with van der Waals surface area (Å²) in [5, 5.41) is 6.49. The van der Waals surface area contributed by atoms with E-state index in [0.717, 1.165) is 23.3 Å². The molecule has 0 fully saturated rings. The van der Waals surface area contributed by atoms with Crippen LogP contribution in [0, 0.1) is 6.92 Å². The molecule has 5 nitrogen and oxygen atoms in total. The second-order valence-corrected chi connectivity index (χ2v) is 6.84. The van der Waals surface area contributed by atoms with E-state index in [4.69, 9.17) is 4.74 Å². The zero-order valence-electron chi connectivity index (χ0n) is 17.9. The minimum absolute atomic E-state index is 0. The molecule has 0 bridgehead atoms. The number of hydrogen-bond donors (Lipinski definition) is 2. The molecule has 0 aromatic heterocycles. The van der Waals surface area contributed by atoms with Gasteiger partial charge < -0.3 is 20.1 Å². The van der Waals surface area contributed by atoms with Gasteiger partial charge in [0.2, 0.25) is 0 Å². The average Bonchev–Trinajstić information content (AvgIpc) is 2.71. The molecule has 172 valence electrons. The Kier molecular flexibility index (Phi) is 11.7. The Hall–Kier alpha value is -2.01. The lowest BCUT2D eigenvalue weighted by molar-refractivity contribution is -0.176. The van der Waals surface area contributed by atoms with Gasteiger partial charge in [-0.2, -0.15) is 13.2 Å². The number of rotatable bonds is 9. The van der Waals surface area contributed by atoms with Crippen LogP contribution in [-0.2, 0) is 24.3 Å². The van der Waals surface area contributed by atoms with E-state index in [1.54, 1.807) is 26.3 Å². The van der Waals surface area contributed by atoms with Gasteiger partial charge in [-0.15, -0.1) is 24.0 Å². The highest BCUT2D eigenvalue weighted by molar-refractivity contribution is 14.0. The van der Waals surface area contributed by atoms with Crippen LogP contribution >= 0.6 is 24.0 Å². The molecule has 0 spiro atoms. The van der Waals surface area contributed by atoms with Crippen LogP contribution in [0.25, 0.3) is 0 Å². The molecule has 0 aliphatic carbocycles. The van der Waals surface area contributed by atoms with E-state index in [9.17, 15) is 13.2 Å². The first kappa shape index (κ1) is 27.0. The van der Waals surface area contributed by atoms with Gasteiger partial charge in [-0.3, -0.25) is 4.99 Å². The van der Waals surface area contributed by atoms with Crippen LogP contribution in [-0.4, -0.2) is 39.4 Å². The van der Waals surface area contributed by atoms with Crippen molar-refractivity contribution in [3.63, 3.8) is 0 Å². The fourth-order valence-corrected chi connectivity index (χ4v) is 2.86. The molecule has 0 aliphatic rings. The van der Waals surface area contributed by atoms with E-state index in [1.165, 1.54) is 5.56 Å². The molecule has 0 unspecified atom stereocenters. The maximum atomic E-state index is 12.1. The van der Waals surface area contributed by atoms with E-state index in [2.05, 4.69) is 26.4 Å². The predicted octanol–water partition coefficient (Wildman–Crippen LogP) is 4.61. The molecule has 0 saturated carbocycles. The monoisotopic (exact) mass is 551 g/mol. The summed E-state index contributed by atoms with van der Waals surface area (Å²) in [6, 6.07) is 13.3. The van der Waals surface area contributed by atoms with Crippen LogP contribution in [0.5, 0.6) is 5.75 Å². The fraction of sp³-hybridized carbons (Fsp3) is 0.409. The number of nitrogens with one attached hydrogen (secondary N) is 2. The quantitative estimate of drug-likeness (QED) is 0.272. The van der Waals surface area contributed by atoms with Crippen molar-refractivity contribution in [1.82, 2.24) is 10.6 Å². The molecule has 0 aliphatic heterocycles. The third-order valence-corrected chi connectivity index (χ3v) is 4.36. The summed E-state index contributed by atoms with van der Waals surface area (Å²) in [7, 11) is 3.36. The van der Waals surface area contributed by atoms with E-state index in [0.29, 0.717) is 24.6 Å². The van der Waals surface area contributed by atoms with Gasteiger partial charge >= 0.3 is 6.18 Å². The minimum atomic E-state index is -4.31. The molecule has 9 heteroatoms. The molecular weight excluding hydrogens is 522 g/mol. The van der Waals surface area contributed by atoms with Crippen LogP contribution in [0.2, 0.25) is 0 Å². The Bertz CT molecular complexity index is 828. The van der Waals surface area contributed by atoms with Crippen molar-refractivity contribution < 1.29 is 22.6 Å².